The van der Waals surface area contributed by atoms with Crippen molar-refractivity contribution >= 4 is 66.2 Å². The van der Waals surface area contributed by atoms with Crippen molar-refractivity contribution in [1.82, 2.24) is 10.4 Å². The Morgan fingerprint density at radius 3 is 2.55 bits per heavy atom. The van der Waals surface area contributed by atoms with Gasteiger partial charge in [-0.15, -0.1) is 0 Å². The van der Waals surface area contributed by atoms with Crippen LogP contribution in [0.15, 0.2) is 91.8 Å². The second-order valence-corrected chi connectivity index (χ2v) is 8.86. The van der Waals surface area contributed by atoms with E-state index in [1.165, 1.54) is 18.3 Å². The summed E-state index contributed by atoms with van der Waals surface area (Å²) < 4.78 is 1.63. The van der Waals surface area contributed by atoms with Crippen LogP contribution in [-0.4, -0.2) is 22.0 Å². The minimum atomic E-state index is -0.441. The van der Waals surface area contributed by atoms with Gasteiger partial charge in [0.05, 0.1) is 22.3 Å². The number of hydrogen-bond donors (Lipinski definition) is 1. The first-order valence-electron chi connectivity index (χ1n) is 9.85. The zero-order valence-electron chi connectivity index (χ0n) is 17.4. The van der Waals surface area contributed by atoms with Crippen LogP contribution in [0, 0.1) is 17.0 Å². The Labute approximate surface area is 206 Å². The number of nitrogens with zero attached hydrogens (tertiary/aromatic N) is 4. The molecule has 0 saturated heterocycles. The number of rotatable bonds is 5. The SMILES string of the molecule is Cc1cc(Br)c(N=C(N/N=C/c2cccc([N+](=O)[O-])c2)c2ccc3ccccc3n2)c(Br)c1. The molecule has 1 heterocycles. The molecule has 1 aromatic heterocycles. The highest BCUT2D eigenvalue weighted by molar-refractivity contribution is 9.11. The first-order chi connectivity index (χ1) is 15.9. The third-order valence-corrected chi connectivity index (χ3v) is 5.90. The monoisotopic (exact) mass is 565 g/mol. The van der Waals surface area contributed by atoms with Gasteiger partial charge in [0.1, 0.15) is 5.69 Å². The second-order valence-electron chi connectivity index (χ2n) is 7.15. The van der Waals surface area contributed by atoms with E-state index in [4.69, 9.17) is 9.98 Å². The highest BCUT2D eigenvalue weighted by Crippen LogP contribution is 2.35. The Kier molecular flexibility index (Phi) is 6.90. The summed E-state index contributed by atoms with van der Waals surface area (Å²) in [7, 11) is 0. The van der Waals surface area contributed by atoms with Crippen molar-refractivity contribution in [3.05, 3.63) is 109 Å². The number of hydrogen-bond acceptors (Lipinski definition) is 5. The van der Waals surface area contributed by atoms with Crippen molar-refractivity contribution in [1.29, 1.82) is 0 Å². The molecule has 0 spiro atoms. The molecule has 0 radical (unpaired) electrons. The number of aliphatic imine (C=N–C) groups is 1. The van der Waals surface area contributed by atoms with Crippen LogP contribution in [0.5, 0.6) is 0 Å². The Balaban J connectivity index is 1.74. The van der Waals surface area contributed by atoms with E-state index in [9.17, 15) is 10.1 Å². The van der Waals surface area contributed by atoms with Gasteiger partial charge in [-0.1, -0.05) is 36.4 Å². The quantitative estimate of drug-likeness (QED) is 0.126. The molecule has 164 valence electrons. The Morgan fingerprint density at radius 1 is 1.03 bits per heavy atom. The molecule has 3 aromatic carbocycles. The molecule has 0 aliphatic rings. The zero-order chi connectivity index (χ0) is 23.4. The fraction of sp³-hybridized carbons (Fsp3) is 0.0417. The molecule has 33 heavy (non-hydrogen) atoms. The first-order valence-corrected chi connectivity index (χ1v) is 11.4. The van der Waals surface area contributed by atoms with Crippen molar-refractivity contribution in [2.75, 3.05) is 0 Å². The highest BCUT2D eigenvalue weighted by Gasteiger charge is 2.11. The van der Waals surface area contributed by atoms with Crippen LogP contribution < -0.4 is 5.43 Å². The van der Waals surface area contributed by atoms with E-state index >= 15 is 0 Å². The van der Waals surface area contributed by atoms with Crippen LogP contribution in [0.4, 0.5) is 11.4 Å². The van der Waals surface area contributed by atoms with Crippen LogP contribution in [0.25, 0.3) is 10.9 Å². The number of para-hydroxylation sites is 1. The molecule has 4 rings (SSSR count). The molecule has 0 aliphatic carbocycles. The number of nitro benzene ring substituents is 1. The number of hydrazone groups is 1. The lowest BCUT2D eigenvalue weighted by Gasteiger charge is -2.10. The van der Waals surface area contributed by atoms with Crippen molar-refractivity contribution < 1.29 is 4.92 Å². The van der Waals surface area contributed by atoms with E-state index < -0.39 is 4.92 Å². The second kappa shape index (κ2) is 10.0. The van der Waals surface area contributed by atoms with Gasteiger partial charge in [-0.25, -0.2) is 9.98 Å². The van der Waals surface area contributed by atoms with E-state index in [-0.39, 0.29) is 5.69 Å². The summed E-state index contributed by atoms with van der Waals surface area (Å²) in [5.41, 5.74) is 6.73. The summed E-state index contributed by atoms with van der Waals surface area (Å²) in [6, 6.07) is 21.8. The average Bonchev–Trinajstić information content (AvgIpc) is 2.80. The number of benzene rings is 3. The van der Waals surface area contributed by atoms with Crippen LogP contribution in [0.2, 0.25) is 0 Å². The van der Waals surface area contributed by atoms with Crippen molar-refractivity contribution in [2.24, 2.45) is 10.1 Å². The number of fused-ring (bicyclic) bond motifs is 1. The van der Waals surface area contributed by atoms with Crippen LogP contribution >= 0.6 is 31.9 Å². The lowest BCUT2D eigenvalue weighted by Crippen LogP contribution is -2.20. The van der Waals surface area contributed by atoms with Gasteiger partial charge < -0.3 is 0 Å². The van der Waals surface area contributed by atoms with Gasteiger partial charge in [0.15, 0.2) is 5.84 Å². The molecule has 0 fully saturated rings. The van der Waals surface area contributed by atoms with Crippen LogP contribution in [0.1, 0.15) is 16.8 Å². The van der Waals surface area contributed by atoms with Gasteiger partial charge in [-0.3, -0.25) is 15.5 Å². The molecule has 0 saturated carbocycles. The van der Waals surface area contributed by atoms with Gasteiger partial charge in [0.25, 0.3) is 5.69 Å². The van der Waals surface area contributed by atoms with Crippen molar-refractivity contribution in [2.45, 2.75) is 6.92 Å². The topological polar surface area (TPSA) is 92.8 Å². The third kappa shape index (κ3) is 5.50. The number of nitro groups is 1. The van der Waals surface area contributed by atoms with E-state index in [0.717, 1.165) is 25.4 Å². The Morgan fingerprint density at radius 2 is 1.79 bits per heavy atom. The maximum atomic E-state index is 11.0. The standard InChI is InChI=1S/C24H17Br2N5O2/c1-15-11-19(25)23(20(26)12-15)29-24(22-10-9-17-6-2-3-8-21(17)28-22)30-27-14-16-5-4-7-18(13-16)31(32)33/h2-14H,1H3,(H,29,30)/b27-14+. The number of nitrogens with one attached hydrogen (secondary N) is 1. The lowest BCUT2D eigenvalue weighted by atomic mass is 10.2. The van der Waals surface area contributed by atoms with Gasteiger partial charge >= 0.3 is 0 Å². The molecular formula is C24H17Br2N5O2. The minimum absolute atomic E-state index is 0.00319. The minimum Gasteiger partial charge on any atom is -0.260 e. The molecule has 0 unspecified atom stereocenters. The zero-order valence-corrected chi connectivity index (χ0v) is 20.5. The van der Waals surface area contributed by atoms with Gasteiger partial charge in [-0.2, -0.15) is 5.10 Å². The van der Waals surface area contributed by atoms with Crippen molar-refractivity contribution in [3.63, 3.8) is 0 Å². The molecule has 1 N–H and O–H groups in total. The molecular weight excluding hydrogens is 550 g/mol. The summed E-state index contributed by atoms with van der Waals surface area (Å²) in [6.45, 7) is 2.00. The number of aryl methyl sites for hydroxylation is 1. The number of pyridine rings is 1. The molecule has 7 nitrogen and oxygen atoms in total. The van der Waals surface area contributed by atoms with E-state index in [0.29, 0.717) is 22.8 Å². The molecule has 0 amide bonds. The van der Waals surface area contributed by atoms with Gasteiger partial charge in [0, 0.05) is 32.0 Å². The van der Waals surface area contributed by atoms with Gasteiger partial charge in [-0.05, 0) is 68.6 Å². The van der Waals surface area contributed by atoms with E-state index in [2.05, 4.69) is 42.4 Å². The Hall–Kier alpha value is -3.43. The summed E-state index contributed by atoms with van der Waals surface area (Å²) in [6.07, 6.45) is 1.50. The summed E-state index contributed by atoms with van der Waals surface area (Å²) in [5, 5.41) is 16.3. The average molecular weight is 567 g/mol. The predicted octanol–water partition coefficient (Wildman–Crippen LogP) is 6.68. The van der Waals surface area contributed by atoms with Crippen LogP contribution in [0.3, 0.4) is 0 Å². The molecule has 0 bridgehead atoms. The molecule has 4 aromatic rings. The molecule has 0 aliphatic heterocycles. The fourth-order valence-corrected chi connectivity index (χ4v) is 4.73. The first kappa shape index (κ1) is 22.8. The van der Waals surface area contributed by atoms with Gasteiger partial charge in [0.2, 0.25) is 0 Å². The maximum absolute atomic E-state index is 11.0. The fourth-order valence-electron chi connectivity index (χ4n) is 3.13. The molecule has 0 atom stereocenters. The third-order valence-electron chi connectivity index (χ3n) is 4.69. The number of halogens is 2. The van der Waals surface area contributed by atoms with E-state index in [1.807, 2.05) is 55.5 Å². The number of non-ortho nitro benzene ring substituents is 1. The molecule has 9 heteroatoms. The summed E-state index contributed by atoms with van der Waals surface area (Å²) >= 11 is 7.16. The lowest BCUT2D eigenvalue weighted by molar-refractivity contribution is -0.384. The largest absolute Gasteiger partial charge is 0.270 e. The van der Waals surface area contributed by atoms with E-state index in [1.54, 1.807) is 12.1 Å². The normalized spacial score (nSPS) is 11.8. The smallest absolute Gasteiger partial charge is 0.260 e. The maximum Gasteiger partial charge on any atom is 0.270 e. The highest BCUT2D eigenvalue weighted by atomic mass is 79.9. The number of amidine groups is 1. The Bertz CT molecular complexity index is 1400. The summed E-state index contributed by atoms with van der Waals surface area (Å²) in [4.78, 5) is 20.1. The number of aromatic nitrogens is 1. The summed E-state index contributed by atoms with van der Waals surface area (Å²) in [5.74, 6) is 0.424. The van der Waals surface area contributed by atoms with Crippen molar-refractivity contribution in [3.8, 4) is 0 Å². The predicted molar refractivity (Wildman–Crippen MR) is 138 cm³/mol. The van der Waals surface area contributed by atoms with Crippen LogP contribution in [-0.2, 0) is 0 Å².